The summed E-state index contributed by atoms with van der Waals surface area (Å²) in [6.07, 6.45) is 0.142. The first-order chi connectivity index (χ1) is 10.0. The Kier molecular flexibility index (Phi) is 5.89. The summed E-state index contributed by atoms with van der Waals surface area (Å²) in [5.74, 6) is 0.674. The van der Waals surface area contributed by atoms with Crippen LogP contribution in [0.4, 0.5) is 4.39 Å². The Balaban J connectivity index is 0.00000176. The van der Waals surface area contributed by atoms with Gasteiger partial charge in [-0.3, -0.25) is 0 Å². The van der Waals surface area contributed by atoms with Crippen LogP contribution in [0.1, 0.15) is 18.5 Å². The summed E-state index contributed by atoms with van der Waals surface area (Å²) in [7, 11) is 0. The van der Waals surface area contributed by atoms with E-state index in [0.29, 0.717) is 29.4 Å². The van der Waals surface area contributed by atoms with Crippen molar-refractivity contribution in [1.29, 1.82) is 0 Å². The third kappa shape index (κ3) is 3.65. The summed E-state index contributed by atoms with van der Waals surface area (Å²) < 4.78 is 24.9. The molecule has 1 aromatic carbocycles. The molecule has 2 aliphatic rings. The van der Waals surface area contributed by atoms with Gasteiger partial charge in [0.2, 0.25) is 0 Å². The summed E-state index contributed by atoms with van der Waals surface area (Å²) in [5, 5.41) is 0. The number of morpholine rings is 1. The van der Waals surface area contributed by atoms with E-state index in [-0.39, 0.29) is 41.9 Å². The molecule has 2 N–H and O–H groups in total. The van der Waals surface area contributed by atoms with Gasteiger partial charge in [0, 0.05) is 24.7 Å². The molecule has 5 nitrogen and oxygen atoms in total. The van der Waals surface area contributed by atoms with Crippen molar-refractivity contribution >= 4 is 45.9 Å². The molecule has 1 aromatic rings. The average Bonchev–Trinajstić information content (AvgIpc) is 2.82. The highest BCUT2D eigenvalue weighted by molar-refractivity contribution is 14.0. The van der Waals surface area contributed by atoms with Gasteiger partial charge >= 0.3 is 0 Å². The second-order valence-electron chi connectivity index (χ2n) is 5.25. The van der Waals surface area contributed by atoms with Crippen LogP contribution in [0.2, 0.25) is 0 Å². The molecule has 122 valence electrons. The van der Waals surface area contributed by atoms with Crippen molar-refractivity contribution in [2.45, 2.75) is 19.1 Å². The predicted octanol–water partition coefficient (Wildman–Crippen LogP) is 2.68. The molecule has 2 unspecified atom stereocenters. The summed E-state index contributed by atoms with van der Waals surface area (Å²) in [6, 6.07) is 2.89. The smallest absolute Gasteiger partial charge is 0.192 e. The first kappa shape index (κ1) is 17.7. The van der Waals surface area contributed by atoms with E-state index in [2.05, 4.69) is 20.9 Å². The van der Waals surface area contributed by atoms with Gasteiger partial charge in [0.1, 0.15) is 24.2 Å². The van der Waals surface area contributed by atoms with Crippen molar-refractivity contribution in [3.63, 3.8) is 0 Å². The zero-order valence-electron chi connectivity index (χ0n) is 12.1. The third-order valence-corrected chi connectivity index (χ3v) is 4.27. The van der Waals surface area contributed by atoms with Crippen molar-refractivity contribution in [2.75, 3.05) is 26.3 Å². The molecule has 2 aliphatic heterocycles. The van der Waals surface area contributed by atoms with E-state index in [1.54, 1.807) is 6.07 Å². The molecule has 22 heavy (non-hydrogen) atoms. The standard InChI is InChI=1S/C14H17BrFN3O2.HI/c1-8-6-19(2-3-20-8)14(17)18-12-7-21-13-5-11(16)10(15)4-9(12)13;/h4-5,8,12H,2-3,6-7H2,1H3,(H2,17,18);1H. The van der Waals surface area contributed by atoms with Crippen LogP contribution in [0.5, 0.6) is 5.75 Å². The van der Waals surface area contributed by atoms with Gasteiger partial charge in [0.05, 0.1) is 17.2 Å². The van der Waals surface area contributed by atoms with E-state index in [1.807, 2.05) is 11.8 Å². The van der Waals surface area contributed by atoms with Crippen molar-refractivity contribution in [3.8, 4) is 5.75 Å². The van der Waals surface area contributed by atoms with E-state index in [9.17, 15) is 4.39 Å². The Morgan fingerprint density at radius 3 is 3.00 bits per heavy atom. The van der Waals surface area contributed by atoms with Crippen LogP contribution in [0.25, 0.3) is 0 Å². The molecule has 2 heterocycles. The Hall–Kier alpha value is -0.610. The number of benzene rings is 1. The minimum atomic E-state index is -0.339. The second kappa shape index (κ2) is 7.31. The number of halogens is 3. The van der Waals surface area contributed by atoms with Crippen molar-refractivity contribution in [3.05, 3.63) is 28.0 Å². The normalized spacial score (nSPS) is 24.5. The van der Waals surface area contributed by atoms with Gasteiger partial charge in [0.15, 0.2) is 5.96 Å². The fraction of sp³-hybridized carbons (Fsp3) is 0.500. The molecule has 0 aromatic heterocycles. The van der Waals surface area contributed by atoms with Crippen molar-refractivity contribution < 1.29 is 13.9 Å². The topological polar surface area (TPSA) is 60.1 Å². The van der Waals surface area contributed by atoms with E-state index >= 15 is 0 Å². The monoisotopic (exact) mass is 485 g/mol. The number of nitrogens with zero attached hydrogens (tertiary/aromatic N) is 2. The van der Waals surface area contributed by atoms with Gasteiger partial charge in [-0.05, 0) is 28.9 Å². The van der Waals surface area contributed by atoms with Gasteiger partial charge in [-0.1, -0.05) is 0 Å². The molecular weight excluding hydrogens is 468 g/mol. The van der Waals surface area contributed by atoms with E-state index < -0.39 is 0 Å². The quantitative estimate of drug-likeness (QED) is 0.377. The largest absolute Gasteiger partial charge is 0.491 e. The molecule has 2 atom stereocenters. The zero-order chi connectivity index (χ0) is 15.0. The molecule has 0 saturated carbocycles. The van der Waals surface area contributed by atoms with Gasteiger partial charge in [-0.25, -0.2) is 9.38 Å². The van der Waals surface area contributed by atoms with Gasteiger partial charge in [-0.2, -0.15) is 0 Å². The maximum absolute atomic E-state index is 13.5. The first-order valence-corrected chi connectivity index (χ1v) is 7.65. The Bertz CT molecular complexity index is 587. The molecular formula is C14H18BrFIN3O2. The highest BCUT2D eigenvalue weighted by Gasteiger charge is 2.27. The lowest BCUT2D eigenvalue weighted by atomic mass is 10.1. The molecule has 0 bridgehead atoms. The van der Waals surface area contributed by atoms with E-state index in [4.69, 9.17) is 15.2 Å². The Labute approximate surface area is 154 Å². The highest BCUT2D eigenvalue weighted by atomic mass is 127. The lowest BCUT2D eigenvalue weighted by Crippen LogP contribution is -2.48. The molecule has 0 aliphatic carbocycles. The molecule has 0 spiro atoms. The number of aliphatic imine (C=N–C) groups is 1. The second-order valence-corrected chi connectivity index (χ2v) is 6.10. The SMILES string of the molecule is CC1CN(C(N)=NC2COc3cc(F)c(Br)cc32)CCO1.I. The number of ether oxygens (including phenoxy) is 2. The molecule has 0 amide bonds. The molecule has 3 rings (SSSR count). The first-order valence-electron chi connectivity index (χ1n) is 6.86. The van der Waals surface area contributed by atoms with Crippen LogP contribution in [-0.4, -0.2) is 43.3 Å². The van der Waals surface area contributed by atoms with Crippen molar-refractivity contribution in [1.82, 2.24) is 4.90 Å². The summed E-state index contributed by atoms with van der Waals surface area (Å²) in [4.78, 5) is 6.55. The fourth-order valence-corrected chi connectivity index (χ4v) is 2.92. The number of hydrogen-bond acceptors (Lipinski definition) is 3. The lowest BCUT2D eigenvalue weighted by molar-refractivity contribution is 0.00520. The van der Waals surface area contributed by atoms with Crippen LogP contribution >= 0.6 is 39.9 Å². The van der Waals surface area contributed by atoms with Crippen LogP contribution < -0.4 is 10.5 Å². The fourth-order valence-electron chi connectivity index (χ4n) is 2.56. The van der Waals surface area contributed by atoms with E-state index in [0.717, 1.165) is 18.7 Å². The number of hydrogen-bond donors (Lipinski definition) is 1. The zero-order valence-corrected chi connectivity index (χ0v) is 16.0. The predicted molar refractivity (Wildman–Crippen MR) is 96.4 cm³/mol. The Morgan fingerprint density at radius 2 is 2.27 bits per heavy atom. The minimum absolute atomic E-state index is 0. The molecule has 0 radical (unpaired) electrons. The molecule has 1 saturated heterocycles. The number of fused-ring (bicyclic) bond motifs is 1. The van der Waals surface area contributed by atoms with Gasteiger partial charge < -0.3 is 20.1 Å². The molecule has 8 heteroatoms. The van der Waals surface area contributed by atoms with Crippen molar-refractivity contribution in [2.24, 2.45) is 10.7 Å². The van der Waals surface area contributed by atoms with E-state index in [1.165, 1.54) is 6.07 Å². The number of rotatable bonds is 1. The van der Waals surface area contributed by atoms with Gasteiger partial charge in [-0.15, -0.1) is 24.0 Å². The molecule has 1 fully saturated rings. The minimum Gasteiger partial charge on any atom is -0.491 e. The maximum atomic E-state index is 13.5. The van der Waals surface area contributed by atoms with Crippen LogP contribution in [0.15, 0.2) is 21.6 Å². The Morgan fingerprint density at radius 1 is 1.50 bits per heavy atom. The number of nitrogens with two attached hydrogens (primary N) is 1. The highest BCUT2D eigenvalue weighted by Crippen LogP contribution is 2.38. The van der Waals surface area contributed by atoms with Crippen LogP contribution in [0, 0.1) is 5.82 Å². The van der Waals surface area contributed by atoms with Crippen LogP contribution in [-0.2, 0) is 4.74 Å². The summed E-state index contributed by atoms with van der Waals surface area (Å²) >= 11 is 3.19. The summed E-state index contributed by atoms with van der Waals surface area (Å²) in [6.45, 7) is 4.49. The lowest BCUT2D eigenvalue weighted by Gasteiger charge is -2.32. The average molecular weight is 486 g/mol. The maximum Gasteiger partial charge on any atom is 0.192 e. The number of guanidine groups is 1. The van der Waals surface area contributed by atoms with Crippen LogP contribution in [0.3, 0.4) is 0 Å². The third-order valence-electron chi connectivity index (χ3n) is 3.66. The summed E-state index contributed by atoms with van der Waals surface area (Å²) in [5.41, 5.74) is 6.95. The van der Waals surface area contributed by atoms with Gasteiger partial charge in [0.25, 0.3) is 0 Å².